The average molecular weight is 435 g/mol. The van der Waals surface area contributed by atoms with Gasteiger partial charge in [0.25, 0.3) is 5.91 Å². The summed E-state index contributed by atoms with van der Waals surface area (Å²) < 4.78 is 19.9. The van der Waals surface area contributed by atoms with Crippen LogP contribution in [0.4, 0.5) is 4.39 Å². The topological polar surface area (TPSA) is 71.5 Å². The highest BCUT2D eigenvalue weighted by Crippen LogP contribution is 2.45. The minimum Gasteiger partial charge on any atom is -0.492 e. The van der Waals surface area contributed by atoms with Crippen LogP contribution in [0.5, 0.6) is 5.75 Å². The SMILES string of the molecule is Cc1ccc(CNC(=O)c2cc(-c3ncccc3CO)ccc2OCC2(C)CC2)cc1F. The standard InChI is InChI=1S/C26H27FN2O3/c1-17-5-6-18(12-22(17)27)14-29-25(31)21-13-19(24-20(15-30)4-3-11-28-24)7-8-23(21)32-16-26(2)9-10-26/h3-8,11-13,30H,9-10,14-16H2,1-2H3,(H,29,31). The van der Waals surface area contributed by atoms with E-state index in [9.17, 15) is 14.3 Å². The second-order valence-electron chi connectivity index (χ2n) is 8.75. The van der Waals surface area contributed by atoms with Gasteiger partial charge in [-0.3, -0.25) is 9.78 Å². The fraction of sp³-hybridized carbons (Fsp3) is 0.308. The third kappa shape index (κ3) is 4.97. The van der Waals surface area contributed by atoms with Crippen LogP contribution in [0.2, 0.25) is 0 Å². The highest BCUT2D eigenvalue weighted by atomic mass is 19.1. The van der Waals surface area contributed by atoms with Gasteiger partial charge < -0.3 is 15.2 Å². The average Bonchev–Trinajstić information content (AvgIpc) is 3.55. The van der Waals surface area contributed by atoms with Gasteiger partial charge in [-0.05, 0) is 61.2 Å². The molecular weight excluding hydrogens is 407 g/mol. The summed E-state index contributed by atoms with van der Waals surface area (Å²) in [7, 11) is 0. The molecule has 1 fully saturated rings. The van der Waals surface area contributed by atoms with Crippen molar-refractivity contribution in [2.24, 2.45) is 5.41 Å². The van der Waals surface area contributed by atoms with Gasteiger partial charge in [0.2, 0.25) is 0 Å². The summed E-state index contributed by atoms with van der Waals surface area (Å²) in [6.07, 6.45) is 3.87. The molecule has 6 heteroatoms. The van der Waals surface area contributed by atoms with E-state index in [0.717, 1.165) is 12.8 Å². The van der Waals surface area contributed by atoms with Crippen LogP contribution >= 0.6 is 0 Å². The maximum absolute atomic E-state index is 13.9. The number of aryl methyl sites for hydroxylation is 1. The van der Waals surface area contributed by atoms with Gasteiger partial charge in [-0.15, -0.1) is 0 Å². The number of benzene rings is 2. The van der Waals surface area contributed by atoms with Crippen LogP contribution in [0.1, 0.15) is 46.8 Å². The second-order valence-corrected chi connectivity index (χ2v) is 8.75. The first-order valence-corrected chi connectivity index (χ1v) is 10.7. The molecule has 0 radical (unpaired) electrons. The lowest BCUT2D eigenvalue weighted by molar-refractivity contribution is 0.0945. The number of nitrogens with one attached hydrogen (secondary N) is 1. The number of hydrogen-bond acceptors (Lipinski definition) is 4. The zero-order chi connectivity index (χ0) is 22.7. The number of ether oxygens (including phenoxy) is 1. The van der Waals surface area contributed by atoms with Crippen LogP contribution in [0, 0.1) is 18.2 Å². The third-order valence-electron chi connectivity index (χ3n) is 5.93. The predicted octanol–water partition coefficient (Wildman–Crippen LogP) is 4.80. The number of carbonyl (C=O) groups is 1. The Hall–Kier alpha value is -3.25. The molecule has 1 amide bonds. The van der Waals surface area contributed by atoms with Gasteiger partial charge >= 0.3 is 0 Å². The van der Waals surface area contributed by atoms with Gasteiger partial charge in [-0.2, -0.15) is 0 Å². The first kappa shape index (κ1) is 22.0. The predicted molar refractivity (Wildman–Crippen MR) is 121 cm³/mol. The van der Waals surface area contributed by atoms with Gasteiger partial charge in [0.05, 0.1) is 24.5 Å². The number of aliphatic hydroxyl groups is 1. The molecule has 1 heterocycles. The van der Waals surface area contributed by atoms with E-state index in [2.05, 4.69) is 17.2 Å². The lowest BCUT2D eigenvalue weighted by Crippen LogP contribution is -2.24. The second kappa shape index (κ2) is 9.09. The number of amides is 1. The molecule has 5 nitrogen and oxygen atoms in total. The summed E-state index contributed by atoms with van der Waals surface area (Å²) >= 11 is 0. The number of rotatable bonds is 8. The first-order valence-electron chi connectivity index (χ1n) is 10.7. The van der Waals surface area contributed by atoms with E-state index in [0.29, 0.717) is 45.9 Å². The van der Waals surface area contributed by atoms with Gasteiger partial charge in [-0.25, -0.2) is 4.39 Å². The number of halogens is 1. The molecule has 0 atom stereocenters. The first-order chi connectivity index (χ1) is 15.4. The van der Waals surface area contributed by atoms with Crippen LogP contribution in [-0.2, 0) is 13.2 Å². The molecule has 166 valence electrons. The Kier molecular flexibility index (Phi) is 6.24. The molecule has 1 saturated carbocycles. The zero-order valence-corrected chi connectivity index (χ0v) is 18.3. The smallest absolute Gasteiger partial charge is 0.255 e. The Labute approximate surface area is 187 Å². The van der Waals surface area contributed by atoms with Crippen molar-refractivity contribution in [2.75, 3.05) is 6.61 Å². The van der Waals surface area contributed by atoms with E-state index in [4.69, 9.17) is 4.74 Å². The van der Waals surface area contributed by atoms with Crippen molar-refractivity contribution >= 4 is 5.91 Å². The van der Waals surface area contributed by atoms with E-state index in [1.165, 1.54) is 6.07 Å². The normalized spacial score (nSPS) is 14.1. The minimum absolute atomic E-state index is 0.152. The molecule has 0 spiro atoms. The number of carbonyl (C=O) groups excluding carboxylic acids is 1. The Morgan fingerprint density at radius 1 is 1.22 bits per heavy atom. The van der Waals surface area contributed by atoms with Gasteiger partial charge in [-0.1, -0.05) is 25.1 Å². The molecule has 2 aromatic carbocycles. The van der Waals surface area contributed by atoms with E-state index < -0.39 is 0 Å². The van der Waals surface area contributed by atoms with Crippen molar-refractivity contribution in [3.8, 4) is 17.0 Å². The molecule has 1 aromatic heterocycles. The molecule has 1 aliphatic carbocycles. The molecular formula is C26H27FN2O3. The molecule has 0 bridgehead atoms. The van der Waals surface area contributed by atoms with E-state index >= 15 is 0 Å². The Morgan fingerprint density at radius 2 is 2.03 bits per heavy atom. The van der Waals surface area contributed by atoms with E-state index in [1.807, 2.05) is 6.07 Å². The fourth-order valence-corrected chi connectivity index (χ4v) is 3.44. The number of aromatic nitrogens is 1. The largest absolute Gasteiger partial charge is 0.492 e. The highest BCUT2D eigenvalue weighted by Gasteiger charge is 2.38. The number of aliphatic hydroxyl groups excluding tert-OH is 1. The van der Waals surface area contributed by atoms with Gasteiger partial charge in [0, 0.05) is 29.3 Å². The lowest BCUT2D eigenvalue weighted by Gasteiger charge is -2.16. The summed E-state index contributed by atoms with van der Waals surface area (Å²) in [6.45, 7) is 4.45. The molecule has 0 aliphatic heterocycles. The molecule has 0 saturated heterocycles. The fourth-order valence-electron chi connectivity index (χ4n) is 3.44. The van der Waals surface area contributed by atoms with Crippen molar-refractivity contribution in [3.05, 3.63) is 82.8 Å². The van der Waals surface area contributed by atoms with Crippen LogP contribution in [-0.4, -0.2) is 22.6 Å². The maximum Gasteiger partial charge on any atom is 0.255 e. The van der Waals surface area contributed by atoms with Crippen molar-refractivity contribution in [3.63, 3.8) is 0 Å². The molecule has 4 rings (SSSR count). The van der Waals surface area contributed by atoms with Crippen LogP contribution < -0.4 is 10.1 Å². The summed E-state index contributed by atoms with van der Waals surface area (Å²) in [5, 5.41) is 12.5. The summed E-state index contributed by atoms with van der Waals surface area (Å²) in [4.78, 5) is 17.5. The van der Waals surface area contributed by atoms with E-state index in [-0.39, 0.29) is 30.3 Å². The van der Waals surface area contributed by atoms with Crippen molar-refractivity contribution < 1.29 is 19.0 Å². The Morgan fingerprint density at radius 3 is 2.75 bits per heavy atom. The Balaban J connectivity index is 1.61. The molecule has 0 unspecified atom stereocenters. The van der Waals surface area contributed by atoms with Crippen LogP contribution in [0.25, 0.3) is 11.3 Å². The van der Waals surface area contributed by atoms with Crippen molar-refractivity contribution in [2.45, 2.75) is 39.8 Å². The minimum atomic E-state index is -0.315. The monoisotopic (exact) mass is 434 g/mol. The van der Waals surface area contributed by atoms with Gasteiger partial charge in [0.1, 0.15) is 11.6 Å². The number of hydrogen-bond donors (Lipinski definition) is 2. The molecule has 32 heavy (non-hydrogen) atoms. The highest BCUT2D eigenvalue weighted by molar-refractivity contribution is 5.98. The molecule has 3 aromatic rings. The molecule has 1 aliphatic rings. The van der Waals surface area contributed by atoms with Crippen LogP contribution in [0.3, 0.4) is 0 Å². The van der Waals surface area contributed by atoms with Crippen molar-refractivity contribution in [1.82, 2.24) is 10.3 Å². The quantitative estimate of drug-likeness (QED) is 0.534. The number of nitrogens with zero attached hydrogens (tertiary/aromatic N) is 1. The molecule has 2 N–H and O–H groups in total. The van der Waals surface area contributed by atoms with Gasteiger partial charge in [0.15, 0.2) is 0 Å². The summed E-state index contributed by atoms with van der Waals surface area (Å²) in [5.41, 5.74) is 3.79. The number of pyridine rings is 1. The summed E-state index contributed by atoms with van der Waals surface area (Å²) in [5.74, 6) is -0.117. The lowest BCUT2D eigenvalue weighted by atomic mass is 10.0. The maximum atomic E-state index is 13.9. The third-order valence-corrected chi connectivity index (χ3v) is 5.93. The van der Waals surface area contributed by atoms with E-state index in [1.54, 1.807) is 49.5 Å². The van der Waals surface area contributed by atoms with Crippen LogP contribution in [0.15, 0.2) is 54.7 Å². The zero-order valence-electron chi connectivity index (χ0n) is 18.3. The summed E-state index contributed by atoms with van der Waals surface area (Å²) in [6, 6.07) is 13.8. The van der Waals surface area contributed by atoms with Crippen molar-refractivity contribution in [1.29, 1.82) is 0 Å². The Bertz CT molecular complexity index is 1140.